The van der Waals surface area contributed by atoms with E-state index in [2.05, 4.69) is 28.0 Å². The van der Waals surface area contributed by atoms with Crippen LogP contribution in [-0.2, 0) is 32.6 Å². The van der Waals surface area contributed by atoms with Crippen molar-refractivity contribution in [1.29, 1.82) is 10.7 Å². The standard InChI is InChI=1S/C53H78ClN6O10P/c1-7-8-9-10-11-12-13-14-15-16-17-18-19-20-21-24-31-62-34-42(66-41-28-27-40(33-55)47(32-41)65-39(2)3)35-63-71(61,70-46-26-23-22-25-43(46)54)64-37-53(36-58-6)50-49(67-52(4,5)69-50)48(68-53)44-29-30-45(60-44)51(57)59-38-56/h22-23,25-30,32,36,38-39,42,48-50,60H,7-21,24,31,34-35,37H2,1-6H3,(H3,56,57,59)/b58-36+/t42-,48+,49+,50+,53-,71?/m1/s1. The van der Waals surface area contributed by atoms with Gasteiger partial charge in [-0.2, -0.15) is 5.26 Å². The van der Waals surface area contributed by atoms with E-state index in [1.54, 1.807) is 75.5 Å². The van der Waals surface area contributed by atoms with Gasteiger partial charge in [0.1, 0.15) is 59.9 Å². The molecule has 0 spiro atoms. The average Bonchev–Trinajstić information content (AvgIpc) is 4.04. The Bertz CT molecular complexity index is 2230. The van der Waals surface area contributed by atoms with Gasteiger partial charge in [-0.05, 0) is 70.5 Å². The quantitative estimate of drug-likeness (QED) is 0.0217. The third kappa shape index (κ3) is 18.3. The lowest BCUT2D eigenvalue weighted by Gasteiger charge is -2.32. The van der Waals surface area contributed by atoms with Crippen LogP contribution in [0, 0.1) is 16.7 Å². The van der Waals surface area contributed by atoms with E-state index in [1.807, 2.05) is 13.8 Å². The molecule has 0 saturated carbocycles. The Kier molecular flexibility index (Phi) is 23.9. The number of rotatable bonds is 35. The zero-order valence-electron chi connectivity index (χ0n) is 42.7. The van der Waals surface area contributed by atoms with E-state index >= 15 is 4.57 Å². The van der Waals surface area contributed by atoms with Crippen LogP contribution in [0.15, 0.2) is 64.6 Å². The van der Waals surface area contributed by atoms with Crippen molar-refractivity contribution in [3.8, 4) is 23.3 Å². The summed E-state index contributed by atoms with van der Waals surface area (Å²) in [4.78, 5) is 11.4. The number of aliphatic imine (C=N–C) groups is 2. The second-order valence-electron chi connectivity index (χ2n) is 19.0. The van der Waals surface area contributed by atoms with E-state index in [0.717, 1.165) is 25.6 Å². The number of aromatic nitrogens is 1. The molecule has 0 aliphatic carbocycles. The number of para-hydroxylation sites is 1. The van der Waals surface area contributed by atoms with Crippen molar-refractivity contribution in [3.05, 3.63) is 76.6 Å². The predicted octanol–water partition coefficient (Wildman–Crippen LogP) is 12.6. The first kappa shape index (κ1) is 57.6. The lowest BCUT2D eigenvalue weighted by atomic mass is 9.96. The fourth-order valence-corrected chi connectivity index (χ4v) is 10.2. The Morgan fingerprint density at radius 2 is 1.55 bits per heavy atom. The number of fused-ring (bicyclic) bond motifs is 1. The van der Waals surface area contributed by atoms with Gasteiger partial charge in [0.25, 0.3) is 0 Å². The number of hydrogen-bond acceptors (Lipinski definition) is 13. The zero-order valence-corrected chi connectivity index (χ0v) is 44.4. The van der Waals surface area contributed by atoms with E-state index in [9.17, 15) is 5.26 Å². The number of phosphoric acid groups is 1. The molecule has 1 aromatic heterocycles. The Hall–Kier alpha value is -4.30. The molecule has 4 N–H and O–H groups in total. The van der Waals surface area contributed by atoms with Gasteiger partial charge in [0.2, 0.25) is 0 Å². The fraction of sp³-hybridized carbons (Fsp3) is 0.623. The maximum Gasteiger partial charge on any atom is 0.530 e. The van der Waals surface area contributed by atoms with E-state index in [-0.39, 0.29) is 35.9 Å². The number of nitrogens with zero attached hydrogens (tertiary/aromatic N) is 3. The molecule has 16 nitrogen and oxygen atoms in total. The third-order valence-corrected chi connectivity index (χ3v) is 13.8. The van der Waals surface area contributed by atoms with Gasteiger partial charge in [-0.25, -0.2) is 9.56 Å². The molecule has 3 heterocycles. The van der Waals surface area contributed by atoms with Crippen LogP contribution in [0.2, 0.25) is 5.02 Å². The summed E-state index contributed by atoms with van der Waals surface area (Å²) in [7, 11) is -3.05. The summed E-state index contributed by atoms with van der Waals surface area (Å²) in [6.45, 7) is 9.39. The summed E-state index contributed by atoms with van der Waals surface area (Å²) >= 11 is 6.55. The molecule has 392 valence electrons. The normalized spacial score (nSPS) is 21.0. The van der Waals surface area contributed by atoms with Gasteiger partial charge >= 0.3 is 7.82 Å². The number of H-pyrrole nitrogens is 1. The summed E-state index contributed by atoms with van der Waals surface area (Å²) in [5, 5.41) is 17.3. The Morgan fingerprint density at radius 3 is 2.17 bits per heavy atom. The van der Waals surface area contributed by atoms with Crippen molar-refractivity contribution in [2.45, 2.75) is 179 Å². The number of nitrogens with one attached hydrogen (secondary N) is 2. The van der Waals surface area contributed by atoms with Gasteiger partial charge in [0.15, 0.2) is 11.4 Å². The predicted molar refractivity (Wildman–Crippen MR) is 278 cm³/mol. The van der Waals surface area contributed by atoms with Crippen LogP contribution in [0.25, 0.3) is 0 Å². The Labute approximate surface area is 426 Å². The summed E-state index contributed by atoms with van der Waals surface area (Å²) in [6.07, 6.45) is 19.4. The summed E-state index contributed by atoms with van der Waals surface area (Å²) in [5.41, 5.74) is 6.01. The molecule has 2 aliphatic rings. The lowest BCUT2D eigenvalue weighted by molar-refractivity contribution is -0.200. The summed E-state index contributed by atoms with van der Waals surface area (Å²) < 4.78 is 71.8. The van der Waals surface area contributed by atoms with E-state index in [0.29, 0.717) is 35.1 Å². The van der Waals surface area contributed by atoms with Gasteiger partial charge in [0.05, 0.1) is 42.2 Å². The highest BCUT2D eigenvalue weighted by atomic mass is 35.5. The number of aromatic amines is 1. The van der Waals surface area contributed by atoms with Gasteiger partial charge < -0.3 is 43.7 Å². The number of nitrogens with two attached hydrogens (primary N) is 1. The Morgan fingerprint density at radius 1 is 0.887 bits per heavy atom. The molecule has 1 unspecified atom stereocenters. The maximum atomic E-state index is 15.1. The molecule has 0 bridgehead atoms. The molecule has 0 amide bonds. The van der Waals surface area contributed by atoms with Crippen molar-refractivity contribution >= 4 is 37.8 Å². The second kappa shape index (κ2) is 29.4. The smallest absolute Gasteiger partial charge is 0.489 e. The van der Waals surface area contributed by atoms with Crippen molar-refractivity contribution in [1.82, 2.24) is 4.98 Å². The number of unbranched alkanes of at least 4 members (excludes halogenated alkanes) is 15. The van der Waals surface area contributed by atoms with Crippen LogP contribution in [-0.4, -0.2) is 92.7 Å². The second-order valence-corrected chi connectivity index (χ2v) is 21.0. The van der Waals surface area contributed by atoms with Crippen LogP contribution >= 0.6 is 19.4 Å². The Balaban J connectivity index is 1.26. The molecule has 2 aromatic carbocycles. The van der Waals surface area contributed by atoms with E-state index < -0.39 is 50.2 Å². The van der Waals surface area contributed by atoms with Crippen LogP contribution in [0.3, 0.4) is 0 Å². The largest absolute Gasteiger partial charge is 0.530 e. The molecule has 2 saturated heterocycles. The highest BCUT2D eigenvalue weighted by Crippen LogP contribution is 2.55. The maximum absolute atomic E-state index is 15.1. The first-order valence-electron chi connectivity index (χ1n) is 25.5. The fourth-order valence-electron chi connectivity index (χ4n) is 8.72. The van der Waals surface area contributed by atoms with E-state index in [1.165, 1.54) is 89.7 Å². The molecule has 5 rings (SSSR count). The molecule has 71 heavy (non-hydrogen) atoms. The number of benzene rings is 2. The molecular formula is C53H78ClN6O10P. The number of halogens is 1. The first-order valence-corrected chi connectivity index (χ1v) is 27.3. The topological polar surface area (TPSA) is 214 Å². The first-order chi connectivity index (χ1) is 34.2. The van der Waals surface area contributed by atoms with Crippen LogP contribution in [0.4, 0.5) is 0 Å². The molecular weight excluding hydrogens is 947 g/mol. The number of hydrogen-bond donors (Lipinski definition) is 3. The molecule has 2 aliphatic heterocycles. The van der Waals surface area contributed by atoms with Crippen molar-refractivity contribution < 1.29 is 46.6 Å². The van der Waals surface area contributed by atoms with Crippen molar-refractivity contribution in [3.63, 3.8) is 0 Å². The van der Waals surface area contributed by atoms with Crippen LogP contribution in [0.5, 0.6) is 17.2 Å². The molecule has 3 aromatic rings. The average molecular weight is 1030 g/mol. The molecule has 6 atom stereocenters. The number of nitriles is 1. The lowest BCUT2D eigenvalue weighted by Crippen LogP contribution is -2.48. The zero-order chi connectivity index (χ0) is 51.1. The number of ether oxygens (including phenoxy) is 6. The van der Waals surface area contributed by atoms with Crippen molar-refractivity contribution in [2.24, 2.45) is 15.7 Å². The molecule has 0 radical (unpaired) electrons. The van der Waals surface area contributed by atoms with Crippen LogP contribution < -0.4 is 19.7 Å². The van der Waals surface area contributed by atoms with E-state index in [4.69, 9.17) is 64.7 Å². The number of phosphoric ester groups is 1. The minimum atomic E-state index is -4.63. The SMILES string of the molecule is CCCCCCCCCCCCCCCCCCOC[C@H](COP(=O)(OC[C@@]1(/C=N/C)O[C@@H](c2ccc(/C(N)=N\C=N)[nH]2)[C@@H]2OC(C)(C)O[C@@H]21)Oc1ccccc1Cl)Oc1ccc(C#N)c(OC(C)C)c1. The van der Waals surface area contributed by atoms with Crippen molar-refractivity contribution in [2.75, 3.05) is 33.5 Å². The van der Waals surface area contributed by atoms with Gasteiger partial charge in [-0.15, -0.1) is 0 Å². The van der Waals surface area contributed by atoms with Gasteiger partial charge in [0, 0.05) is 31.6 Å². The van der Waals surface area contributed by atoms with Gasteiger partial charge in [-0.3, -0.25) is 19.4 Å². The highest BCUT2D eigenvalue weighted by Gasteiger charge is 2.64. The summed E-state index contributed by atoms with van der Waals surface area (Å²) in [5.74, 6) is -0.128. The third-order valence-electron chi connectivity index (χ3n) is 12.2. The molecule has 2 fully saturated rings. The molecule has 18 heteroatoms. The van der Waals surface area contributed by atoms with Crippen LogP contribution in [0.1, 0.15) is 160 Å². The minimum Gasteiger partial charge on any atom is -0.489 e. The minimum absolute atomic E-state index is 0.0586. The summed E-state index contributed by atoms with van der Waals surface area (Å²) in [6, 6.07) is 17.1. The van der Waals surface area contributed by atoms with Gasteiger partial charge in [-0.1, -0.05) is 127 Å². The highest BCUT2D eigenvalue weighted by molar-refractivity contribution is 7.49. The monoisotopic (exact) mass is 1020 g/mol. The number of amidine groups is 1.